The summed E-state index contributed by atoms with van der Waals surface area (Å²) in [6.07, 6.45) is 0. The molecule has 148 valence electrons. The van der Waals surface area contributed by atoms with Gasteiger partial charge in [-0.3, -0.25) is 9.59 Å². The largest absolute Gasteiger partial charge is 0.503 e. The van der Waals surface area contributed by atoms with Gasteiger partial charge in [-0.1, -0.05) is 18.2 Å². The van der Waals surface area contributed by atoms with Crippen LogP contribution < -0.4 is 4.74 Å². The minimum atomic E-state index is -0.798. The van der Waals surface area contributed by atoms with Crippen LogP contribution in [0.3, 0.4) is 0 Å². The van der Waals surface area contributed by atoms with Crippen LogP contribution in [-0.4, -0.2) is 28.8 Å². The van der Waals surface area contributed by atoms with E-state index in [2.05, 4.69) is 0 Å². The first-order chi connectivity index (χ1) is 14.0. The smallest absolute Gasteiger partial charge is 0.290 e. The van der Waals surface area contributed by atoms with Crippen LogP contribution in [0.2, 0.25) is 0 Å². The van der Waals surface area contributed by atoms with Gasteiger partial charge >= 0.3 is 0 Å². The Bertz CT molecular complexity index is 1080. The standard InChI is InChI=1S/C22H19NO5S/c1-13-5-10-16(28-13)19-18(20(24)17-4-3-11-29-17)21(25)22(26)23(19)12-14-6-8-15(27-2)9-7-14/h3-11,19,25H,12H2,1-2H3. The molecule has 0 bridgehead atoms. The van der Waals surface area contributed by atoms with Crippen molar-refractivity contribution < 1.29 is 23.8 Å². The van der Waals surface area contributed by atoms with Crippen LogP contribution >= 0.6 is 11.3 Å². The molecular weight excluding hydrogens is 390 g/mol. The Hall–Kier alpha value is -3.32. The Labute approximate surface area is 171 Å². The van der Waals surface area contributed by atoms with Crippen molar-refractivity contribution in [2.75, 3.05) is 7.11 Å². The number of ketones is 1. The lowest BCUT2D eigenvalue weighted by atomic mass is 10.00. The fourth-order valence-corrected chi connectivity index (χ4v) is 4.09. The molecule has 1 aliphatic rings. The summed E-state index contributed by atoms with van der Waals surface area (Å²) in [4.78, 5) is 27.9. The number of methoxy groups -OCH3 is 1. The molecule has 0 saturated carbocycles. The van der Waals surface area contributed by atoms with Crippen molar-refractivity contribution in [2.24, 2.45) is 0 Å². The van der Waals surface area contributed by atoms with Crippen LogP contribution in [0.1, 0.15) is 32.8 Å². The van der Waals surface area contributed by atoms with Crippen molar-refractivity contribution in [3.05, 3.63) is 87.2 Å². The molecule has 1 amide bonds. The highest BCUT2D eigenvalue weighted by molar-refractivity contribution is 7.12. The van der Waals surface area contributed by atoms with Gasteiger partial charge in [0, 0.05) is 6.54 Å². The van der Waals surface area contributed by atoms with E-state index < -0.39 is 17.7 Å². The summed E-state index contributed by atoms with van der Waals surface area (Å²) in [7, 11) is 1.58. The Balaban J connectivity index is 1.74. The minimum Gasteiger partial charge on any atom is -0.503 e. The second kappa shape index (κ2) is 7.60. The lowest BCUT2D eigenvalue weighted by Gasteiger charge is -2.25. The van der Waals surface area contributed by atoms with Crippen molar-refractivity contribution in [2.45, 2.75) is 19.5 Å². The van der Waals surface area contributed by atoms with Gasteiger partial charge in [0.1, 0.15) is 23.3 Å². The van der Waals surface area contributed by atoms with Gasteiger partial charge in [-0.25, -0.2) is 0 Å². The summed E-state index contributed by atoms with van der Waals surface area (Å²) in [6, 6.07) is 13.4. The molecule has 1 atom stereocenters. The second-order valence-corrected chi connectivity index (χ2v) is 7.65. The molecule has 0 saturated heterocycles. The highest BCUT2D eigenvalue weighted by atomic mass is 32.1. The zero-order chi connectivity index (χ0) is 20.5. The number of carbonyl (C=O) groups excluding carboxylic acids is 2. The van der Waals surface area contributed by atoms with Crippen molar-refractivity contribution in [1.29, 1.82) is 0 Å². The van der Waals surface area contributed by atoms with Gasteiger partial charge in [0.05, 0.1) is 17.6 Å². The Morgan fingerprint density at radius 3 is 2.55 bits per heavy atom. The number of thiophene rings is 1. The van der Waals surface area contributed by atoms with E-state index in [0.29, 0.717) is 22.1 Å². The Morgan fingerprint density at radius 2 is 1.97 bits per heavy atom. The monoisotopic (exact) mass is 409 g/mol. The molecule has 0 fully saturated rings. The van der Waals surface area contributed by atoms with Gasteiger partial charge in [0.25, 0.3) is 5.91 Å². The summed E-state index contributed by atoms with van der Waals surface area (Å²) >= 11 is 1.26. The summed E-state index contributed by atoms with van der Waals surface area (Å²) in [5.41, 5.74) is 0.880. The van der Waals surface area contributed by atoms with E-state index in [1.54, 1.807) is 55.8 Å². The van der Waals surface area contributed by atoms with Crippen LogP contribution in [0.4, 0.5) is 0 Å². The number of aryl methyl sites for hydroxylation is 1. The van der Waals surface area contributed by atoms with Gasteiger partial charge < -0.3 is 19.2 Å². The van der Waals surface area contributed by atoms with Crippen molar-refractivity contribution in [3.8, 4) is 5.75 Å². The quantitative estimate of drug-likeness (QED) is 0.609. The third-order valence-corrected chi connectivity index (χ3v) is 5.70. The SMILES string of the molecule is COc1ccc(CN2C(=O)C(O)=C(C(=O)c3cccs3)C2c2ccc(C)o2)cc1. The maximum atomic E-state index is 13.1. The predicted octanol–water partition coefficient (Wildman–Crippen LogP) is 4.44. The third kappa shape index (κ3) is 3.45. The molecular formula is C22H19NO5S. The topological polar surface area (TPSA) is 80.0 Å². The fourth-order valence-electron chi connectivity index (χ4n) is 3.41. The van der Waals surface area contributed by atoms with E-state index in [-0.39, 0.29) is 17.9 Å². The molecule has 1 unspecified atom stereocenters. The number of benzene rings is 1. The molecule has 3 aromatic rings. The second-order valence-electron chi connectivity index (χ2n) is 6.70. The molecule has 7 heteroatoms. The number of amides is 1. The van der Waals surface area contributed by atoms with Crippen LogP contribution in [0.25, 0.3) is 0 Å². The molecule has 0 spiro atoms. The van der Waals surface area contributed by atoms with Crippen molar-refractivity contribution >= 4 is 23.0 Å². The van der Waals surface area contributed by atoms with E-state index in [1.165, 1.54) is 16.2 Å². The average Bonchev–Trinajstić information content (AvgIpc) is 3.45. The van der Waals surface area contributed by atoms with E-state index in [1.807, 2.05) is 12.1 Å². The van der Waals surface area contributed by atoms with Gasteiger partial charge in [0.2, 0.25) is 5.78 Å². The minimum absolute atomic E-state index is 0.0420. The lowest BCUT2D eigenvalue weighted by Crippen LogP contribution is -2.30. The molecule has 1 aliphatic heterocycles. The summed E-state index contributed by atoms with van der Waals surface area (Å²) in [5.74, 6) is 0.298. The van der Waals surface area contributed by atoms with Crippen LogP contribution in [0.5, 0.6) is 5.75 Å². The third-order valence-electron chi connectivity index (χ3n) is 4.84. The summed E-state index contributed by atoms with van der Waals surface area (Å²) in [6.45, 7) is 2.00. The molecule has 4 rings (SSSR count). The molecule has 0 radical (unpaired) electrons. The number of rotatable bonds is 6. The van der Waals surface area contributed by atoms with Gasteiger partial charge in [-0.15, -0.1) is 11.3 Å². The highest BCUT2D eigenvalue weighted by Crippen LogP contribution is 2.41. The maximum absolute atomic E-state index is 13.1. The van der Waals surface area contributed by atoms with Gasteiger partial charge in [0.15, 0.2) is 5.76 Å². The first-order valence-electron chi connectivity index (χ1n) is 9.01. The number of Topliss-reactive ketones (excluding diaryl/α,β-unsaturated/α-hetero) is 1. The molecule has 6 nitrogen and oxygen atoms in total. The molecule has 29 heavy (non-hydrogen) atoms. The van der Waals surface area contributed by atoms with Crippen LogP contribution in [-0.2, 0) is 11.3 Å². The zero-order valence-corrected chi connectivity index (χ0v) is 16.7. The fraction of sp³-hybridized carbons (Fsp3) is 0.182. The van der Waals surface area contributed by atoms with E-state index >= 15 is 0 Å². The van der Waals surface area contributed by atoms with Crippen molar-refractivity contribution in [3.63, 3.8) is 0 Å². The number of hydrogen-bond donors (Lipinski definition) is 1. The van der Waals surface area contributed by atoms with E-state index in [9.17, 15) is 14.7 Å². The number of carbonyl (C=O) groups is 2. The molecule has 1 aromatic carbocycles. The van der Waals surface area contributed by atoms with E-state index in [4.69, 9.17) is 9.15 Å². The summed E-state index contributed by atoms with van der Waals surface area (Å²) in [5, 5.41) is 12.4. The number of ether oxygens (including phenoxy) is 1. The first-order valence-corrected chi connectivity index (χ1v) is 9.89. The molecule has 2 aromatic heterocycles. The maximum Gasteiger partial charge on any atom is 0.290 e. The number of aliphatic hydroxyl groups excluding tert-OH is 1. The predicted molar refractivity (Wildman–Crippen MR) is 108 cm³/mol. The van der Waals surface area contributed by atoms with Crippen molar-refractivity contribution in [1.82, 2.24) is 4.90 Å². The highest BCUT2D eigenvalue weighted by Gasteiger charge is 2.45. The summed E-state index contributed by atoms with van der Waals surface area (Å²) < 4.78 is 10.9. The number of nitrogens with zero attached hydrogens (tertiary/aromatic N) is 1. The Morgan fingerprint density at radius 1 is 1.21 bits per heavy atom. The number of furan rings is 1. The van der Waals surface area contributed by atoms with Gasteiger partial charge in [-0.2, -0.15) is 0 Å². The lowest BCUT2D eigenvalue weighted by molar-refractivity contribution is -0.130. The van der Waals surface area contributed by atoms with E-state index in [0.717, 1.165) is 5.56 Å². The van der Waals surface area contributed by atoms with Gasteiger partial charge in [-0.05, 0) is 48.2 Å². The average molecular weight is 409 g/mol. The molecule has 3 heterocycles. The zero-order valence-electron chi connectivity index (χ0n) is 15.9. The number of hydrogen-bond acceptors (Lipinski definition) is 6. The van der Waals surface area contributed by atoms with Crippen LogP contribution in [0, 0.1) is 6.92 Å². The molecule has 1 N–H and O–H groups in total. The number of aliphatic hydroxyl groups is 1. The Kier molecular flexibility index (Phi) is 4.98. The first kappa shape index (κ1) is 19.0. The molecule has 0 aliphatic carbocycles. The normalized spacial score (nSPS) is 16.6. The van der Waals surface area contributed by atoms with Crippen LogP contribution in [0.15, 0.2) is 69.7 Å².